The Kier molecular flexibility index (Phi) is 7.70. The third kappa shape index (κ3) is 5.31. The van der Waals surface area contributed by atoms with Gasteiger partial charge in [-0.3, -0.25) is 9.89 Å². The molecule has 0 bridgehead atoms. The van der Waals surface area contributed by atoms with Crippen LogP contribution in [0.5, 0.6) is 0 Å². The van der Waals surface area contributed by atoms with Gasteiger partial charge in [-0.25, -0.2) is 4.39 Å². The molecule has 2 aliphatic rings. The molecular formula is C20H32FIN4. The molecule has 0 saturated heterocycles. The molecule has 1 atom stereocenters. The molecule has 0 spiro atoms. The lowest BCUT2D eigenvalue weighted by Gasteiger charge is -2.25. The van der Waals surface area contributed by atoms with Crippen molar-refractivity contribution in [3.05, 3.63) is 35.6 Å². The van der Waals surface area contributed by atoms with Gasteiger partial charge in [-0.15, -0.1) is 24.0 Å². The summed E-state index contributed by atoms with van der Waals surface area (Å²) in [4.78, 5) is 7.21. The van der Waals surface area contributed by atoms with Crippen LogP contribution in [0.3, 0.4) is 0 Å². The zero-order valence-electron chi connectivity index (χ0n) is 16.1. The summed E-state index contributed by atoms with van der Waals surface area (Å²) in [5.41, 5.74) is 0.709. The number of halogens is 2. The highest BCUT2D eigenvalue weighted by molar-refractivity contribution is 14.0. The number of likely N-dealkylation sites (N-methyl/N-ethyl adjacent to an activating group) is 1. The molecule has 2 fully saturated rings. The molecule has 1 aromatic rings. The van der Waals surface area contributed by atoms with Crippen LogP contribution in [0.4, 0.5) is 4.39 Å². The summed E-state index contributed by atoms with van der Waals surface area (Å²) in [6.45, 7) is 6.64. The predicted octanol–water partition coefficient (Wildman–Crippen LogP) is 3.51. The van der Waals surface area contributed by atoms with Crippen molar-refractivity contribution in [2.45, 2.75) is 57.0 Å². The average Bonchev–Trinajstić information content (AvgIpc) is 3.51. The molecule has 0 heterocycles. The standard InChI is InChI=1S/C20H31FN4.HI/c1-4-22-19(23-13-15(2)25(3)16-9-10-16)24-14-20(11-12-20)17-7-5-6-8-18(17)21;/h5-8,15-16H,4,9-14H2,1-3H3,(H2,22,23,24);1H. The Morgan fingerprint density at radius 1 is 1.31 bits per heavy atom. The van der Waals surface area contributed by atoms with E-state index in [4.69, 9.17) is 4.99 Å². The van der Waals surface area contributed by atoms with Crippen molar-refractivity contribution in [2.24, 2.45) is 4.99 Å². The van der Waals surface area contributed by atoms with Crippen LogP contribution in [0.25, 0.3) is 0 Å². The van der Waals surface area contributed by atoms with E-state index in [1.165, 1.54) is 12.8 Å². The van der Waals surface area contributed by atoms with Gasteiger partial charge in [-0.1, -0.05) is 18.2 Å². The van der Waals surface area contributed by atoms with Crippen molar-refractivity contribution in [2.75, 3.05) is 26.7 Å². The van der Waals surface area contributed by atoms with E-state index in [9.17, 15) is 4.39 Å². The van der Waals surface area contributed by atoms with E-state index in [-0.39, 0.29) is 35.2 Å². The third-order valence-electron chi connectivity index (χ3n) is 5.57. The Labute approximate surface area is 174 Å². The van der Waals surface area contributed by atoms with Crippen molar-refractivity contribution < 1.29 is 4.39 Å². The summed E-state index contributed by atoms with van der Waals surface area (Å²) in [6, 6.07) is 8.36. The lowest BCUT2D eigenvalue weighted by molar-refractivity contribution is 0.247. The summed E-state index contributed by atoms with van der Waals surface area (Å²) < 4.78 is 14.1. The van der Waals surface area contributed by atoms with Gasteiger partial charge in [0.1, 0.15) is 5.82 Å². The Bertz CT molecular complexity index is 614. The van der Waals surface area contributed by atoms with E-state index in [0.29, 0.717) is 12.6 Å². The molecule has 0 aromatic heterocycles. The second-order valence-corrected chi connectivity index (χ2v) is 7.58. The van der Waals surface area contributed by atoms with Crippen LogP contribution in [0.15, 0.2) is 29.3 Å². The fraction of sp³-hybridized carbons (Fsp3) is 0.650. The average molecular weight is 474 g/mol. The summed E-state index contributed by atoms with van der Waals surface area (Å²) in [6.07, 6.45) is 4.66. The minimum atomic E-state index is -0.107. The van der Waals surface area contributed by atoms with Crippen LogP contribution in [-0.4, -0.2) is 49.6 Å². The van der Waals surface area contributed by atoms with Gasteiger partial charge in [-0.2, -0.15) is 0 Å². The maximum atomic E-state index is 14.1. The van der Waals surface area contributed by atoms with Crippen LogP contribution in [0.2, 0.25) is 0 Å². The highest BCUT2D eigenvalue weighted by Gasteiger charge is 2.45. The quantitative estimate of drug-likeness (QED) is 0.344. The van der Waals surface area contributed by atoms with Gasteiger partial charge in [0.25, 0.3) is 0 Å². The molecule has 0 aliphatic heterocycles. The van der Waals surface area contributed by atoms with Crippen LogP contribution in [-0.2, 0) is 5.41 Å². The number of nitrogens with zero attached hydrogens (tertiary/aromatic N) is 2. The van der Waals surface area contributed by atoms with E-state index in [0.717, 1.165) is 43.5 Å². The zero-order valence-corrected chi connectivity index (χ0v) is 18.4. The first kappa shape index (κ1) is 21.4. The van der Waals surface area contributed by atoms with Gasteiger partial charge < -0.3 is 10.6 Å². The highest BCUT2D eigenvalue weighted by atomic mass is 127. The summed E-state index contributed by atoms with van der Waals surface area (Å²) in [5.74, 6) is 0.731. The minimum absolute atomic E-state index is 0. The van der Waals surface area contributed by atoms with Gasteiger partial charge >= 0.3 is 0 Å². The SMILES string of the molecule is CCNC(=NCC1(c2ccccc2F)CC1)NCC(C)N(C)C1CC1.I. The fourth-order valence-corrected chi connectivity index (χ4v) is 3.36. The molecule has 146 valence electrons. The second-order valence-electron chi connectivity index (χ2n) is 7.58. The van der Waals surface area contributed by atoms with Crippen LogP contribution in [0.1, 0.15) is 45.1 Å². The summed E-state index contributed by atoms with van der Waals surface area (Å²) >= 11 is 0. The van der Waals surface area contributed by atoms with Gasteiger partial charge in [0, 0.05) is 30.6 Å². The predicted molar refractivity (Wildman–Crippen MR) is 117 cm³/mol. The Hall–Kier alpha value is -0.890. The fourth-order valence-electron chi connectivity index (χ4n) is 3.36. The number of aliphatic imine (C=N–C) groups is 1. The molecule has 4 nitrogen and oxygen atoms in total. The molecule has 2 aliphatic carbocycles. The molecule has 3 rings (SSSR count). The van der Waals surface area contributed by atoms with Crippen molar-refractivity contribution in [1.82, 2.24) is 15.5 Å². The van der Waals surface area contributed by atoms with Crippen molar-refractivity contribution in [1.29, 1.82) is 0 Å². The van der Waals surface area contributed by atoms with Gasteiger partial charge in [0.05, 0.1) is 6.54 Å². The topological polar surface area (TPSA) is 39.7 Å². The largest absolute Gasteiger partial charge is 0.357 e. The van der Waals surface area contributed by atoms with Crippen LogP contribution in [0, 0.1) is 5.82 Å². The third-order valence-corrected chi connectivity index (χ3v) is 5.57. The number of hydrogen-bond donors (Lipinski definition) is 2. The van der Waals surface area contributed by atoms with Crippen LogP contribution >= 0.6 is 24.0 Å². The molecule has 26 heavy (non-hydrogen) atoms. The highest BCUT2D eigenvalue weighted by Crippen LogP contribution is 2.49. The van der Waals surface area contributed by atoms with Crippen molar-refractivity contribution in [3.63, 3.8) is 0 Å². The number of rotatable bonds is 8. The van der Waals surface area contributed by atoms with E-state index in [1.54, 1.807) is 12.1 Å². The Morgan fingerprint density at radius 3 is 2.58 bits per heavy atom. The molecule has 0 radical (unpaired) electrons. The van der Waals surface area contributed by atoms with Gasteiger partial charge in [0.15, 0.2) is 5.96 Å². The number of guanidine groups is 1. The maximum absolute atomic E-state index is 14.1. The van der Waals surface area contributed by atoms with E-state index >= 15 is 0 Å². The van der Waals surface area contributed by atoms with Gasteiger partial charge in [0.2, 0.25) is 0 Å². The Morgan fingerprint density at radius 2 is 2.00 bits per heavy atom. The van der Waals surface area contributed by atoms with E-state index in [2.05, 4.69) is 36.4 Å². The molecule has 0 amide bonds. The molecule has 6 heteroatoms. The molecule has 2 N–H and O–H groups in total. The van der Waals surface area contributed by atoms with Crippen molar-refractivity contribution in [3.8, 4) is 0 Å². The number of nitrogens with one attached hydrogen (secondary N) is 2. The molecule has 1 unspecified atom stereocenters. The molecule has 2 saturated carbocycles. The molecule has 1 aromatic carbocycles. The summed E-state index contributed by atoms with van der Waals surface area (Å²) in [5, 5.41) is 6.77. The smallest absolute Gasteiger partial charge is 0.191 e. The summed E-state index contributed by atoms with van der Waals surface area (Å²) in [7, 11) is 2.20. The number of benzene rings is 1. The van der Waals surface area contributed by atoms with Crippen molar-refractivity contribution >= 4 is 29.9 Å². The van der Waals surface area contributed by atoms with Gasteiger partial charge in [-0.05, 0) is 58.2 Å². The zero-order chi connectivity index (χ0) is 17.9. The number of hydrogen-bond acceptors (Lipinski definition) is 2. The second kappa shape index (κ2) is 9.35. The van der Waals surface area contributed by atoms with Crippen LogP contribution < -0.4 is 10.6 Å². The van der Waals surface area contributed by atoms with E-state index in [1.807, 2.05) is 12.1 Å². The molecular weight excluding hydrogens is 442 g/mol. The monoisotopic (exact) mass is 474 g/mol. The first-order valence-corrected chi connectivity index (χ1v) is 9.55. The first-order chi connectivity index (χ1) is 12.1. The normalized spacial score (nSPS) is 19.7. The Balaban J connectivity index is 0.00000243. The lowest BCUT2D eigenvalue weighted by Crippen LogP contribution is -2.45. The first-order valence-electron chi connectivity index (χ1n) is 9.55. The minimum Gasteiger partial charge on any atom is -0.357 e. The maximum Gasteiger partial charge on any atom is 0.191 e. The lowest BCUT2D eigenvalue weighted by atomic mass is 9.95. The van der Waals surface area contributed by atoms with E-state index < -0.39 is 0 Å².